The van der Waals surface area contributed by atoms with Crippen LogP contribution in [0.15, 0.2) is 0 Å². The van der Waals surface area contributed by atoms with Crippen LogP contribution in [0, 0.1) is 5.92 Å². The highest BCUT2D eigenvalue weighted by Gasteiger charge is 2.19. The lowest BCUT2D eigenvalue weighted by atomic mass is 9.97. The van der Waals surface area contributed by atoms with Crippen molar-refractivity contribution in [1.29, 1.82) is 0 Å². The molecule has 0 spiro atoms. The molecule has 1 heterocycles. The summed E-state index contributed by atoms with van der Waals surface area (Å²) in [6.45, 7) is 2.06. The molecule has 1 aliphatic rings. The summed E-state index contributed by atoms with van der Waals surface area (Å²) >= 11 is 1.99. The topological polar surface area (TPSA) is 20.2 Å². The second-order valence-electron chi connectivity index (χ2n) is 2.95. The van der Waals surface area contributed by atoms with E-state index in [9.17, 15) is 5.11 Å². The zero-order valence-electron chi connectivity index (χ0n) is 6.55. The predicted octanol–water partition coefficient (Wildman–Crippen LogP) is 1.90. The first-order chi connectivity index (χ1) is 4.84. The molecule has 0 amide bonds. The molecular formula is C8H16OS. The van der Waals surface area contributed by atoms with Gasteiger partial charge in [0.05, 0.1) is 6.10 Å². The molecule has 1 aliphatic heterocycles. The lowest BCUT2D eigenvalue weighted by molar-refractivity contribution is 0.109. The van der Waals surface area contributed by atoms with Gasteiger partial charge >= 0.3 is 0 Å². The average Bonchev–Trinajstić information content (AvgIpc) is 2.05. The zero-order chi connectivity index (χ0) is 7.40. The quantitative estimate of drug-likeness (QED) is 0.666. The van der Waals surface area contributed by atoms with E-state index in [1.807, 2.05) is 11.8 Å². The van der Waals surface area contributed by atoms with Crippen LogP contribution in [0.5, 0.6) is 0 Å². The summed E-state index contributed by atoms with van der Waals surface area (Å²) in [6.07, 6.45) is 3.42. The van der Waals surface area contributed by atoms with Gasteiger partial charge in [0, 0.05) is 0 Å². The van der Waals surface area contributed by atoms with Crippen LogP contribution in [0.1, 0.15) is 26.2 Å². The van der Waals surface area contributed by atoms with Gasteiger partial charge in [0.25, 0.3) is 0 Å². The van der Waals surface area contributed by atoms with Gasteiger partial charge in [-0.3, -0.25) is 0 Å². The fourth-order valence-corrected chi connectivity index (χ4v) is 2.63. The Kier molecular flexibility index (Phi) is 3.57. The Morgan fingerprint density at radius 1 is 1.70 bits per heavy atom. The fraction of sp³-hybridized carbons (Fsp3) is 1.00. The summed E-state index contributed by atoms with van der Waals surface area (Å²) in [7, 11) is 0. The number of thioether (sulfide) groups is 1. The van der Waals surface area contributed by atoms with Gasteiger partial charge in [-0.1, -0.05) is 6.92 Å². The van der Waals surface area contributed by atoms with Crippen LogP contribution in [0.25, 0.3) is 0 Å². The van der Waals surface area contributed by atoms with Crippen molar-refractivity contribution in [3.63, 3.8) is 0 Å². The average molecular weight is 160 g/mol. The van der Waals surface area contributed by atoms with Crippen molar-refractivity contribution >= 4 is 11.8 Å². The Hall–Kier alpha value is 0.310. The monoisotopic (exact) mass is 160 g/mol. The van der Waals surface area contributed by atoms with Gasteiger partial charge in [-0.15, -0.1) is 0 Å². The van der Waals surface area contributed by atoms with E-state index in [1.54, 1.807) is 0 Å². The molecule has 0 aromatic carbocycles. The van der Waals surface area contributed by atoms with Crippen molar-refractivity contribution in [3.05, 3.63) is 0 Å². The Morgan fingerprint density at radius 3 is 3.00 bits per heavy atom. The first-order valence-corrected chi connectivity index (χ1v) is 5.26. The van der Waals surface area contributed by atoms with Crippen molar-refractivity contribution < 1.29 is 5.11 Å². The number of aliphatic hydroxyl groups is 1. The molecule has 1 rings (SSSR count). The minimum absolute atomic E-state index is 0.0344. The maximum atomic E-state index is 9.47. The van der Waals surface area contributed by atoms with Gasteiger partial charge in [0.2, 0.25) is 0 Å². The summed E-state index contributed by atoms with van der Waals surface area (Å²) in [5, 5.41) is 9.47. The van der Waals surface area contributed by atoms with Crippen molar-refractivity contribution in [2.24, 2.45) is 5.92 Å². The molecule has 0 aliphatic carbocycles. The van der Waals surface area contributed by atoms with Crippen LogP contribution in [0.3, 0.4) is 0 Å². The molecule has 1 nitrogen and oxygen atoms in total. The highest BCUT2D eigenvalue weighted by molar-refractivity contribution is 7.99. The van der Waals surface area contributed by atoms with Gasteiger partial charge < -0.3 is 5.11 Å². The Bertz CT molecular complexity index is 89.3. The first kappa shape index (κ1) is 8.41. The van der Waals surface area contributed by atoms with Gasteiger partial charge in [-0.05, 0) is 36.7 Å². The van der Waals surface area contributed by atoms with E-state index < -0.39 is 0 Å². The molecule has 1 saturated heterocycles. The first-order valence-electron chi connectivity index (χ1n) is 4.10. The third-order valence-corrected chi connectivity index (χ3v) is 3.40. The molecule has 0 aromatic rings. The largest absolute Gasteiger partial charge is 0.393 e. The van der Waals surface area contributed by atoms with E-state index in [0.29, 0.717) is 5.92 Å². The third kappa shape index (κ3) is 2.17. The molecule has 0 bridgehead atoms. The summed E-state index contributed by atoms with van der Waals surface area (Å²) in [5.41, 5.74) is 0. The van der Waals surface area contributed by atoms with Crippen LogP contribution < -0.4 is 0 Å². The fourth-order valence-electron chi connectivity index (χ4n) is 1.40. The van der Waals surface area contributed by atoms with Crippen LogP contribution in [-0.4, -0.2) is 22.7 Å². The highest BCUT2D eigenvalue weighted by atomic mass is 32.2. The molecule has 60 valence electrons. The van der Waals surface area contributed by atoms with Crippen LogP contribution in [0.4, 0.5) is 0 Å². The highest BCUT2D eigenvalue weighted by Crippen LogP contribution is 2.26. The van der Waals surface area contributed by atoms with Crippen molar-refractivity contribution in [2.45, 2.75) is 32.3 Å². The van der Waals surface area contributed by atoms with Crippen molar-refractivity contribution in [1.82, 2.24) is 0 Å². The zero-order valence-corrected chi connectivity index (χ0v) is 7.36. The molecule has 2 atom stereocenters. The second-order valence-corrected chi connectivity index (χ2v) is 4.10. The standard InChI is InChI=1S/C8H16OS/c1-2-8(9)7-4-3-5-10-6-7/h7-9H,2-6H2,1H3. The molecule has 0 aromatic heterocycles. The molecule has 10 heavy (non-hydrogen) atoms. The van der Waals surface area contributed by atoms with Gasteiger partial charge in [0.15, 0.2) is 0 Å². The summed E-state index contributed by atoms with van der Waals surface area (Å²) in [4.78, 5) is 0. The second kappa shape index (κ2) is 4.24. The maximum absolute atomic E-state index is 9.47. The minimum Gasteiger partial charge on any atom is -0.393 e. The van der Waals surface area contributed by atoms with E-state index in [1.165, 1.54) is 24.3 Å². The predicted molar refractivity (Wildman–Crippen MR) is 46.3 cm³/mol. The van der Waals surface area contributed by atoms with E-state index >= 15 is 0 Å². The smallest absolute Gasteiger partial charge is 0.0573 e. The lowest BCUT2D eigenvalue weighted by Gasteiger charge is -2.25. The third-order valence-electron chi connectivity index (χ3n) is 2.16. The number of hydrogen-bond acceptors (Lipinski definition) is 2. The SMILES string of the molecule is CCC(O)C1CCCSC1. The Labute approximate surface area is 67.2 Å². The van der Waals surface area contributed by atoms with Crippen LogP contribution >= 0.6 is 11.8 Å². The van der Waals surface area contributed by atoms with Crippen molar-refractivity contribution in [2.75, 3.05) is 11.5 Å². The van der Waals surface area contributed by atoms with E-state index in [0.717, 1.165) is 6.42 Å². The van der Waals surface area contributed by atoms with Gasteiger partial charge in [-0.2, -0.15) is 11.8 Å². The molecular weight excluding hydrogens is 144 g/mol. The summed E-state index contributed by atoms with van der Waals surface area (Å²) in [6, 6.07) is 0. The molecule has 0 radical (unpaired) electrons. The normalized spacial score (nSPS) is 30.0. The molecule has 1 N–H and O–H groups in total. The van der Waals surface area contributed by atoms with E-state index in [4.69, 9.17) is 0 Å². The number of aliphatic hydroxyl groups excluding tert-OH is 1. The van der Waals surface area contributed by atoms with E-state index in [-0.39, 0.29) is 6.10 Å². The maximum Gasteiger partial charge on any atom is 0.0573 e. The van der Waals surface area contributed by atoms with Gasteiger partial charge in [-0.25, -0.2) is 0 Å². The lowest BCUT2D eigenvalue weighted by Crippen LogP contribution is -2.24. The minimum atomic E-state index is -0.0344. The van der Waals surface area contributed by atoms with Crippen LogP contribution in [-0.2, 0) is 0 Å². The molecule has 2 heteroatoms. The number of hydrogen-bond donors (Lipinski definition) is 1. The van der Waals surface area contributed by atoms with Gasteiger partial charge in [0.1, 0.15) is 0 Å². The summed E-state index contributed by atoms with van der Waals surface area (Å²) in [5.74, 6) is 3.06. The Morgan fingerprint density at radius 2 is 2.50 bits per heavy atom. The molecule has 2 unspecified atom stereocenters. The number of rotatable bonds is 2. The van der Waals surface area contributed by atoms with E-state index in [2.05, 4.69) is 6.92 Å². The molecule has 1 fully saturated rings. The van der Waals surface area contributed by atoms with Crippen molar-refractivity contribution in [3.8, 4) is 0 Å². The Balaban J connectivity index is 2.24. The molecule has 0 saturated carbocycles. The summed E-state index contributed by atoms with van der Waals surface area (Å²) < 4.78 is 0. The van der Waals surface area contributed by atoms with Crippen LogP contribution in [0.2, 0.25) is 0 Å².